The molecule has 2 aromatic carbocycles. The maximum Gasteiger partial charge on any atom is 0.387 e. The number of guanidine groups is 1. The molecule has 0 radical (unpaired) electrons. The van der Waals surface area contributed by atoms with E-state index in [1.807, 2.05) is 0 Å². The number of hydrogen-bond acceptors (Lipinski definition) is 4. The highest BCUT2D eigenvalue weighted by Crippen LogP contribution is 2.38. The maximum atomic E-state index is 13.2. The van der Waals surface area contributed by atoms with Crippen LogP contribution in [0.25, 0.3) is 0 Å². The summed E-state index contributed by atoms with van der Waals surface area (Å²) in [4.78, 5) is 4.06. The molecule has 2 N–H and O–H groups in total. The summed E-state index contributed by atoms with van der Waals surface area (Å²) in [7, 11) is 1.57. The van der Waals surface area contributed by atoms with Crippen LogP contribution in [0.4, 0.5) is 13.2 Å². The second-order valence-corrected chi connectivity index (χ2v) is 5.60. The van der Waals surface area contributed by atoms with E-state index < -0.39 is 6.61 Å². The molecular weight excluding hydrogens is 363 g/mol. The van der Waals surface area contributed by atoms with E-state index in [2.05, 4.69) is 20.4 Å². The summed E-state index contributed by atoms with van der Waals surface area (Å²) in [6, 6.07) is 9.10. The van der Waals surface area contributed by atoms with Gasteiger partial charge in [-0.05, 0) is 23.8 Å². The third-order valence-electron chi connectivity index (χ3n) is 3.79. The Labute approximate surface area is 154 Å². The average molecular weight is 381 g/mol. The molecule has 144 valence electrons. The zero-order chi connectivity index (χ0) is 19.2. The van der Waals surface area contributed by atoms with Gasteiger partial charge >= 0.3 is 6.61 Å². The molecule has 0 bridgehead atoms. The van der Waals surface area contributed by atoms with E-state index in [9.17, 15) is 13.2 Å². The fourth-order valence-electron chi connectivity index (χ4n) is 2.54. The third kappa shape index (κ3) is 4.96. The minimum Gasteiger partial charge on any atom is -0.454 e. The minimum absolute atomic E-state index is 0.0117. The molecule has 2 aromatic rings. The topological polar surface area (TPSA) is 64.1 Å². The molecule has 0 aromatic heterocycles. The predicted molar refractivity (Wildman–Crippen MR) is 92.6 cm³/mol. The molecule has 0 saturated heterocycles. The van der Waals surface area contributed by atoms with Gasteiger partial charge in [0.15, 0.2) is 17.5 Å². The Balaban J connectivity index is 1.65. The number of aliphatic imine (C=N–C) groups is 1. The Morgan fingerprint density at radius 2 is 1.89 bits per heavy atom. The van der Waals surface area contributed by atoms with Crippen LogP contribution < -0.4 is 24.8 Å². The van der Waals surface area contributed by atoms with Gasteiger partial charge < -0.3 is 24.8 Å². The fourth-order valence-corrected chi connectivity index (χ4v) is 2.54. The lowest BCUT2D eigenvalue weighted by molar-refractivity contribution is -0.0505. The van der Waals surface area contributed by atoms with Gasteiger partial charge in [-0.15, -0.1) is 0 Å². The number of rotatable bonds is 6. The van der Waals surface area contributed by atoms with Crippen LogP contribution in [0.2, 0.25) is 0 Å². The lowest BCUT2D eigenvalue weighted by Gasteiger charge is -2.15. The monoisotopic (exact) mass is 381 g/mol. The van der Waals surface area contributed by atoms with Crippen molar-refractivity contribution in [3.63, 3.8) is 0 Å². The van der Waals surface area contributed by atoms with Crippen LogP contribution in [0.3, 0.4) is 0 Å². The molecule has 9 heteroatoms. The molecule has 0 unspecified atom stereocenters. The molecule has 1 aliphatic rings. The van der Waals surface area contributed by atoms with Gasteiger partial charge in [0.1, 0.15) is 11.6 Å². The van der Waals surface area contributed by atoms with Crippen molar-refractivity contribution in [3.05, 3.63) is 53.3 Å². The van der Waals surface area contributed by atoms with Crippen LogP contribution in [-0.2, 0) is 13.1 Å². The van der Waals surface area contributed by atoms with Crippen molar-refractivity contribution in [3.8, 4) is 17.2 Å². The summed E-state index contributed by atoms with van der Waals surface area (Å²) >= 11 is 0. The van der Waals surface area contributed by atoms with Gasteiger partial charge in [0.25, 0.3) is 0 Å². The first-order valence-electron chi connectivity index (χ1n) is 8.11. The second-order valence-electron chi connectivity index (χ2n) is 5.60. The van der Waals surface area contributed by atoms with Crippen molar-refractivity contribution >= 4 is 5.96 Å². The third-order valence-corrected chi connectivity index (χ3v) is 3.79. The number of alkyl halides is 2. The molecule has 0 spiro atoms. The van der Waals surface area contributed by atoms with Gasteiger partial charge in [-0.25, -0.2) is 4.39 Å². The largest absolute Gasteiger partial charge is 0.454 e. The van der Waals surface area contributed by atoms with Gasteiger partial charge in [0.2, 0.25) is 6.79 Å². The number of nitrogens with one attached hydrogen (secondary N) is 2. The number of hydrogen-bond donors (Lipinski definition) is 2. The van der Waals surface area contributed by atoms with E-state index in [1.54, 1.807) is 25.2 Å². The van der Waals surface area contributed by atoms with E-state index in [0.29, 0.717) is 29.6 Å². The van der Waals surface area contributed by atoms with Crippen LogP contribution in [0.15, 0.2) is 41.4 Å². The number of fused-ring (bicyclic) bond motifs is 1. The molecule has 3 rings (SSSR count). The normalized spacial score (nSPS) is 13.0. The molecule has 0 fully saturated rings. The fraction of sp³-hybridized carbons (Fsp3) is 0.278. The number of ether oxygens (including phenoxy) is 3. The second kappa shape index (κ2) is 8.52. The zero-order valence-corrected chi connectivity index (χ0v) is 14.5. The highest BCUT2D eigenvalue weighted by Gasteiger charge is 2.20. The summed E-state index contributed by atoms with van der Waals surface area (Å²) < 4.78 is 53.6. The maximum absolute atomic E-state index is 13.2. The van der Waals surface area contributed by atoms with Crippen LogP contribution >= 0.6 is 0 Å². The molecule has 0 amide bonds. The summed E-state index contributed by atoms with van der Waals surface area (Å²) in [6.45, 7) is -2.44. The van der Waals surface area contributed by atoms with Crippen molar-refractivity contribution in [2.45, 2.75) is 19.7 Å². The highest BCUT2D eigenvalue weighted by molar-refractivity contribution is 5.79. The van der Waals surface area contributed by atoms with Crippen molar-refractivity contribution in [2.75, 3.05) is 13.8 Å². The van der Waals surface area contributed by atoms with Crippen molar-refractivity contribution in [1.82, 2.24) is 10.6 Å². The quantitative estimate of drug-likeness (QED) is 0.595. The van der Waals surface area contributed by atoms with Crippen molar-refractivity contribution in [1.29, 1.82) is 0 Å². The molecule has 0 atom stereocenters. The molecule has 6 nitrogen and oxygen atoms in total. The van der Waals surface area contributed by atoms with Crippen LogP contribution in [0.1, 0.15) is 11.1 Å². The highest BCUT2D eigenvalue weighted by atomic mass is 19.3. The molecule has 1 aliphatic heterocycles. The van der Waals surface area contributed by atoms with E-state index in [1.165, 1.54) is 18.2 Å². The van der Waals surface area contributed by atoms with Crippen molar-refractivity contribution < 1.29 is 27.4 Å². The lowest BCUT2D eigenvalue weighted by atomic mass is 10.1. The standard InChI is InChI=1S/C18H18F3N3O3/c1-22-18(23-8-11-3-2-4-13(19)5-11)24-9-12-6-15-16(26-10-25-15)7-14(12)27-17(20)21/h2-7,17H,8-10H2,1H3,(H2,22,23,24). The zero-order valence-electron chi connectivity index (χ0n) is 14.5. The molecule has 1 heterocycles. The molecule has 27 heavy (non-hydrogen) atoms. The lowest BCUT2D eigenvalue weighted by Crippen LogP contribution is -2.36. The summed E-state index contributed by atoms with van der Waals surface area (Å²) in [5, 5.41) is 6.02. The first-order chi connectivity index (χ1) is 13.0. The van der Waals surface area contributed by atoms with E-state index in [0.717, 1.165) is 5.56 Å². The van der Waals surface area contributed by atoms with E-state index in [-0.39, 0.29) is 24.9 Å². The summed E-state index contributed by atoms with van der Waals surface area (Å²) in [5.41, 5.74) is 1.19. The Morgan fingerprint density at radius 3 is 2.59 bits per heavy atom. The molecule has 0 saturated carbocycles. The van der Waals surface area contributed by atoms with Gasteiger partial charge in [0.05, 0.1) is 0 Å². The molecule has 0 aliphatic carbocycles. The minimum atomic E-state index is -2.96. The van der Waals surface area contributed by atoms with Crippen LogP contribution in [0, 0.1) is 5.82 Å². The van der Waals surface area contributed by atoms with Crippen molar-refractivity contribution in [2.24, 2.45) is 4.99 Å². The number of halogens is 3. The van der Waals surface area contributed by atoms with Gasteiger partial charge in [-0.3, -0.25) is 4.99 Å². The number of benzene rings is 2. The average Bonchev–Trinajstić information content (AvgIpc) is 3.08. The van der Waals surface area contributed by atoms with Gasteiger partial charge in [-0.1, -0.05) is 12.1 Å². The van der Waals surface area contributed by atoms with E-state index >= 15 is 0 Å². The summed E-state index contributed by atoms with van der Waals surface area (Å²) in [6.07, 6.45) is 0. The van der Waals surface area contributed by atoms with E-state index in [4.69, 9.17) is 9.47 Å². The Hall–Kier alpha value is -3.10. The first kappa shape index (κ1) is 18.7. The Kier molecular flexibility index (Phi) is 5.90. The Morgan fingerprint density at radius 1 is 1.15 bits per heavy atom. The number of nitrogens with zero attached hydrogens (tertiary/aromatic N) is 1. The predicted octanol–water partition coefficient (Wildman–Crippen LogP) is 3.02. The summed E-state index contributed by atoms with van der Waals surface area (Å²) in [5.74, 6) is 0.882. The smallest absolute Gasteiger partial charge is 0.387 e. The molecular formula is C18H18F3N3O3. The Bertz CT molecular complexity index is 831. The van der Waals surface area contributed by atoms with Gasteiger partial charge in [-0.2, -0.15) is 8.78 Å². The van der Waals surface area contributed by atoms with Crippen LogP contribution in [0.5, 0.6) is 17.2 Å². The van der Waals surface area contributed by atoms with Gasteiger partial charge in [0, 0.05) is 31.8 Å². The van der Waals surface area contributed by atoms with Crippen LogP contribution in [-0.4, -0.2) is 26.4 Å². The first-order valence-corrected chi connectivity index (χ1v) is 8.11. The SMILES string of the molecule is CN=C(NCc1cccc(F)c1)NCc1cc2c(cc1OC(F)F)OCO2.